The molecule has 2 N–H and O–H groups in total. The molecule has 1 aliphatic heterocycles. The van der Waals surface area contributed by atoms with Crippen LogP contribution >= 0.6 is 0 Å². The topological polar surface area (TPSA) is 49.3 Å². The second-order valence-electron chi connectivity index (χ2n) is 12.7. The summed E-state index contributed by atoms with van der Waals surface area (Å²) in [5.74, 6) is 0.881. The Hall–Kier alpha value is -3.76. The van der Waals surface area contributed by atoms with Crippen molar-refractivity contribution in [3.05, 3.63) is 125 Å². The molecule has 4 nitrogen and oxygen atoms in total. The van der Waals surface area contributed by atoms with Gasteiger partial charge < -0.3 is 5.32 Å². The number of aryl methyl sites for hydroxylation is 1. The summed E-state index contributed by atoms with van der Waals surface area (Å²) >= 11 is 0. The first-order valence-corrected chi connectivity index (χ1v) is 13.8. The summed E-state index contributed by atoms with van der Waals surface area (Å²) in [7, 11) is 0. The Morgan fingerprint density at radius 1 is 0.667 bits per heavy atom. The lowest BCUT2D eigenvalue weighted by molar-refractivity contribution is 0.408. The number of nitrogens with one attached hydrogen (secondary N) is 2. The maximum atomic E-state index is 5.12. The van der Waals surface area contributed by atoms with Crippen LogP contribution in [0.5, 0.6) is 0 Å². The molecule has 3 aromatic carbocycles. The van der Waals surface area contributed by atoms with Gasteiger partial charge >= 0.3 is 0 Å². The number of aromatic nitrogens is 1. The standard InChI is InChI=1S/C35H40N4/c1-23-9-8-10-26(21-23)30-20-15-27(22-36-30)33-38-31(24-11-16-28(17-12-24)34(2,3)4)37-32(39-33)25-13-18-29(19-14-25)35(5,6)7/h8-22,31,33,38H,1-7H3,(H,37,39). The zero-order valence-corrected chi connectivity index (χ0v) is 24.2. The van der Waals surface area contributed by atoms with E-state index < -0.39 is 0 Å². The second-order valence-corrected chi connectivity index (χ2v) is 12.7. The van der Waals surface area contributed by atoms with Gasteiger partial charge in [0, 0.05) is 22.9 Å². The van der Waals surface area contributed by atoms with E-state index in [2.05, 4.69) is 144 Å². The van der Waals surface area contributed by atoms with Gasteiger partial charge in [0.1, 0.15) is 18.2 Å². The molecule has 200 valence electrons. The fraction of sp³-hybridized carbons (Fsp3) is 0.314. The number of hydrogen-bond acceptors (Lipinski definition) is 4. The van der Waals surface area contributed by atoms with Crippen molar-refractivity contribution in [1.82, 2.24) is 15.6 Å². The fourth-order valence-electron chi connectivity index (χ4n) is 4.89. The Morgan fingerprint density at radius 2 is 1.28 bits per heavy atom. The number of pyridine rings is 1. The van der Waals surface area contributed by atoms with Crippen molar-refractivity contribution < 1.29 is 0 Å². The molecule has 5 rings (SSSR count). The molecule has 0 saturated carbocycles. The highest BCUT2D eigenvalue weighted by Gasteiger charge is 2.26. The van der Waals surface area contributed by atoms with E-state index in [0.29, 0.717) is 0 Å². The third kappa shape index (κ3) is 6.12. The van der Waals surface area contributed by atoms with Crippen LogP contribution in [0.25, 0.3) is 11.3 Å². The van der Waals surface area contributed by atoms with Crippen LogP contribution in [-0.4, -0.2) is 10.8 Å². The highest BCUT2D eigenvalue weighted by atomic mass is 15.3. The molecule has 2 unspecified atom stereocenters. The number of aliphatic imine (C=N–C) groups is 1. The second kappa shape index (κ2) is 10.4. The smallest absolute Gasteiger partial charge is 0.131 e. The third-order valence-electron chi connectivity index (χ3n) is 7.41. The van der Waals surface area contributed by atoms with Gasteiger partial charge in [-0.15, -0.1) is 0 Å². The summed E-state index contributed by atoms with van der Waals surface area (Å²) in [5.41, 5.74) is 9.45. The monoisotopic (exact) mass is 516 g/mol. The van der Waals surface area contributed by atoms with Crippen LogP contribution in [0.1, 0.15) is 87.3 Å². The van der Waals surface area contributed by atoms with E-state index in [1.54, 1.807) is 0 Å². The molecule has 1 aliphatic rings. The fourth-order valence-corrected chi connectivity index (χ4v) is 4.89. The van der Waals surface area contributed by atoms with Crippen LogP contribution in [0.3, 0.4) is 0 Å². The number of nitrogens with zero attached hydrogens (tertiary/aromatic N) is 2. The van der Waals surface area contributed by atoms with E-state index in [4.69, 9.17) is 9.98 Å². The van der Waals surface area contributed by atoms with E-state index in [1.807, 2.05) is 6.20 Å². The lowest BCUT2D eigenvalue weighted by Gasteiger charge is -2.32. The zero-order chi connectivity index (χ0) is 27.8. The normalized spacial score (nSPS) is 17.9. The Morgan fingerprint density at radius 3 is 1.85 bits per heavy atom. The van der Waals surface area contributed by atoms with Gasteiger partial charge in [-0.2, -0.15) is 0 Å². The average molecular weight is 517 g/mol. The van der Waals surface area contributed by atoms with E-state index >= 15 is 0 Å². The van der Waals surface area contributed by atoms with Crippen molar-refractivity contribution in [2.75, 3.05) is 0 Å². The number of hydrogen-bond donors (Lipinski definition) is 2. The number of benzene rings is 3. The summed E-state index contributed by atoms with van der Waals surface area (Å²) in [4.78, 5) is 9.93. The van der Waals surface area contributed by atoms with Crippen molar-refractivity contribution in [3.8, 4) is 11.3 Å². The summed E-state index contributed by atoms with van der Waals surface area (Å²) in [5, 5.41) is 7.37. The zero-order valence-electron chi connectivity index (χ0n) is 24.2. The summed E-state index contributed by atoms with van der Waals surface area (Å²) < 4.78 is 0. The lowest BCUT2D eigenvalue weighted by Crippen LogP contribution is -2.45. The van der Waals surface area contributed by atoms with Gasteiger partial charge in [0.05, 0.1) is 5.69 Å². The van der Waals surface area contributed by atoms with Crippen LogP contribution < -0.4 is 10.6 Å². The largest absolute Gasteiger partial charge is 0.350 e. The first kappa shape index (κ1) is 26.8. The number of amidine groups is 1. The molecule has 1 aromatic heterocycles. The molecule has 4 heteroatoms. The molecule has 39 heavy (non-hydrogen) atoms. The number of rotatable bonds is 4. The van der Waals surface area contributed by atoms with Gasteiger partial charge in [-0.05, 0) is 46.6 Å². The van der Waals surface area contributed by atoms with Crippen molar-refractivity contribution >= 4 is 5.84 Å². The molecule has 0 saturated heterocycles. The van der Waals surface area contributed by atoms with Gasteiger partial charge in [-0.1, -0.05) is 120 Å². The highest BCUT2D eigenvalue weighted by molar-refractivity contribution is 5.99. The quantitative estimate of drug-likeness (QED) is 0.289. The SMILES string of the molecule is Cc1cccc(-c2ccc(C3N=C(c4ccc(C(C)(C)C)cc4)NC(c4ccc(C(C)(C)C)cc4)N3)cn2)c1. The van der Waals surface area contributed by atoms with Gasteiger partial charge in [0.15, 0.2) is 0 Å². The Labute approximate surface area is 233 Å². The molecule has 2 atom stereocenters. The van der Waals surface area contributed by atoms with Gasteiger partial charge in [-0.3, -0.25) is 10.3 Å². The predicted molar refractivity (Wildman–Crippen MR) is 163 cm³/mol. The van der Waals surface area contributed by atoms with Crippen molar-refractivity contribution in [3.63, 3.8) is 0 Å². The van der Waals surface area contributed by atoms with Gasteiger partial charge in [-0.25, -0.2) is 4.99 Å². The van der Waals surface area contributed by atoms with Crippen LogP contribution in [0.2, 0.25) is 0 Å². The molecule has 0 radical (unpaired) electrons. The van der Waals surface area contributed by atoms with E-state index in [-0.39, 0.29) is 23.2 Å². The molecule has 0 fully saturated rings. The van der Waals surface area contributed by atoms with E-state index in [1.165, 1.54) is 22.3 Å². The molecule has 2 heterocycles. The maximum absolute atomic E-state index is 5.12. The average Bonchev–Trinajstić information content (AvgIpc) is 2.92. The summed E-state index contributed by atoms with van der Waals surface area (Å²) in [6.07, 6.45) is 1.63. The lowest BCUT2D eigenvalue weighted by atomic mass is 9.86. The molecule has 0 aliphatic carbocycles. The third-order valence-corrected chi connectivity index (χ3v) is 7.41. The van der Waals surface area contributed by atoms with Crippen molar-refractivity contribution in [2.45, 2.75) is 71.6 Å². The van der Waals surface area contributed by atoms with Crippen LogP contribution in [0, 0.1) is 6.92 Å². The molecular formula is C35H40N4. The van der Waals surface area contributed by atoms with Crippen molar-refractivity contribution in [2.24, 2.45) is 4.99 Å². The van der Waals surface area contributed by atoms with E-state index in [9.17, 15) is 0 Å². The van der Waals surface area contributed by atoms with E-state index in [0.717, 1.165) is 28.2 Å². The van der Waals surface area contributed by atoms with Crippen LogP contribution in [0.4, 0.5) is 0 Å². The molecule has 0 spiro atoms. The minimum atomic E-state index is -0.227. The van der Waals surface area contributed by atoms with Gasteiger partial charge in [0.2, 0.25) is 0 Å². The maximum Gasteiger partial charge on any atom is 0.131 e. The summed E-state index contributed by atoms with van der Waals surface area (Å²) in [6.45, 7) is 15.6. The summed E-state index contributed by atoms with van der Waals surface area (Å²) in [6, 6.07) is 30.3. The highest BCUT2D eigenvalue weighted by Crippen LogP contribution is 2.29. The first-order chi connectivity index (χ1) is 18.5. The Bertz CT molecular complexity index is 1450. The molecule has 0 bridgehead atoms. The molecule has 0 amide bonds. The minimum absolute atomic E-state index is 0.0877. The first-order valence-electron chi connectivity index (χ1n) is 13.8. The predicted octanol–water partition coefficient (Wildman–Crippen LogP) is 7.99. The molecule has 4 aromatic rings. The molecular weight excluding hydrogens is 476 g/mol. The van der Waals surface area contributed by atoms with Crippen LogP contribution in [-0.2, 0) is 10.8 Å². The van der Waals surface area contributed by atoms with Crippen molar-refractivity contribution in [1.29, 1.82) is 0 Å². The van der Waals surface area contributed by atoms with Crippen LogP contribution in [0.15, 0.2) is 96.1 Å². The Balaban J connectivity index is 1.48. The minimum Gasteiger partial charge on any atom is -0.350 e. The Kier molecular flexibility index (Phi) is 7.17. The van der Waals surface area contributed by atoms with Gasteiger partial charge in [0.25, 0.3) is 0 Å².